The Morgan fingerprint density at radius 1 is 1.12 bits per heavy atom. The summed E-state index contributed by atoms with van der Waals surface area (Å²) in [6.45, 7) is 5.15. The predicted octanol–water partition coefficient (Wildman–Crippen LogP) is 3.39. The van der Waals surface area contributed by atoms with Gasteiger partial charge in [-0.3, -0.25) is 9.59 Å². The molecule has 6 nitrogen and oxygen atoms in total. The van der Waals surface area contributed by atoms with E-state index in [1.54, 1.807) is 18.2 Å². The third-order valence-electron chi connectivity index (χ3n) is 4.31. The van der Waals surface area contributed by atoms with Crippen molar-refractivity contribution in [2.24, 2.45) is 0 Å². The maximum absolute atomic E-state index is 12.6. The van der Waals surface area contributed by atoms with Crippen LogP contribution >= 0.6 is 0 Å². The number of carboxylic acid groups (broad SMARTS) is 1. The van der Waals surface area contributed by atoms with Crippen LogP contribution in [0.25, 0.3) is 0 Å². The van der Waals surface area contributed by atoms with Crippen molar-refractivity contribution in [2.45, 2.75) is 57.9 Å². The summed E-state index contributed by atoms with van der Waals surface area (Å²) in [7, 11) is 0. The van der Waals surface area contributed by atoms with Crippen molar-refractivity contribution in [1.29, 1.82) is 0 Å². The first kappa shape index (κ1) is 19.1. The second kappa shape index (κ2) is 8.74. The maximum atomic E-state index is 12.6. The van der Waals surface area contributed by atoms with Crippen molar-refractivity contribution in [3.05, 3.63) is 23.8 Å². The van der Waals surface area contributed by atoms with Crippen LogP contribution in [-0.4, -0.2) is 35.7 Å². The Morgan fingerprint density at radius 2 is 1.76 bits per heavy atom. The molecule has 1 saturated carbocycles. The van der Waals surface area contributed by atoms with Crippen molar-refractivity contribution in [3.8, 4) is 11.5 Å². The van der Waals surface area contributed by atoms with E-state index in [1.807, 2.05) is 13.8 Å². The monoisotopic (exact) mass is 349 g/mol. The first-order chi connectivity index (χ1) is 12.0. The highest BCUT2D eigenvalue weighted by Crippen LogP contribution is 2.36. The summed E-state index contributed by atoms with van der Waals surface area (Å²) in [4.78, 5) is 23.6. The Kier molecular flexibility index (Phi) is 6.67. The van der Waals surface area contributed by atoms with Gasteiger partial charge in [-0.05, 0) is 50.3 Å². The van der Waals surface area contributed by atoms with E-state index in [2.05, 4.69) is 5.32 Å². The highest BCUT2D eigenvalue weighted by atomic mass is 16.5. The molecule has 1 fully saturated rings. The lowest BCUT2D eigenvalue weighted by atomic mass is 9.74. The van der Waals surface area contributed by atoms with Crippen LogP contribution in [0.5, 0.6) is 11.5 Å². The molecule has 1 aromatic rings. The minimum Gasteiger partial charge on any atom is -0.490 e. The third kappa shape index (κ3) is 5.11. The number of hydrogen-bond acceptors (Lipinski definition) is 4. The van der Waals surface area contributed by atoms with Gasteiger partial charge in [0.25, 0.3) is 5.91 Å². The summed E-state index contributed by atoms with van der Waals surface area (Å²) < 4.78 is 11.4. The van der Waals surface area contributed by atoms with Crippen LogP contribution in [0.15, 0.2) is 18.2 Å². The second-order valence-electron chi connectivity index (χ2n) is 6.52. The maximum Gasteiger partial charge on any atom is 0.305 e. The lowest BCUT2D eigenvalue weighted by Gasteiger charge is -2.41. The Labute approximate surface area is 148 Å². The fourth-order valence-electron chi connectivity index (χ4n) is 2.86. The molecule has 25 heavy (non-hydrogen) atoms. The predicted molar refractivity (Wildman–Crippen MR) is 94.3 cm³/mol. The van der Waals surface area contributed by atoms with E-state index >= 15 is 0 Å². The Hall–Kier alpha value is -2.24. The van der Waals surface area contributed by atoms with Crippen LogP contribution in [0.4, 0.5) is 0 Å². The number of nitrogens with one attached hydrogen (secondary N) is 1. The summed E-state index contributed by atoms with van der Waals surface area (Å²) in [6.07, 6.45) is 4.01. The number of carbonyl (C=O) groups is 2. The standard InChI is InChI=1S/C19H27NO5/c1-3-10-24-15-7-6-14(12-16(15)25-11-4-2)18(23)20-19(8-5-9-19)13-17(21)22/h6-7,12H,3-5,8-11,13H2,1-2H3,(H,20,23)(H,21,22). The minimum absolute atomic E-state index is 0.0460. The molecular formula is C19H27NO5. The largest absolute Gasteiger partial charge is 0.490 e. The molecule has 0 spiro atoms. The van der Waals surface area contributed by atoms with Gasteiger partial charge in [-0.2, -0.15) is 0 Å². The van der Waals surface area contributed by atoms with E-state index in [-0.39, 0.29) is 12.3 Å². The molecule has 0 aliphatic heterocycles. The second-order valence-corrected chi connectivity index (χ2v) is 6.52. The average molecular weight is 349 g/mol. The van der Waals surface area contributed by atoms with Gasteiger partial charge in [-0.25, -0.2) is 0 Å². The Balaban J connectivity index is 2.14. The molecule has 0 unspecified atom stereocenters. The lowest BCUT2D eigenvalue weighted by Crippen LogP contribution is -2.54. The van der Waals surface area contributed by atoms with Gasteiger partial charge in [-0.15, -0.1) is 0 Å². The van der Waals surface area contributed by atoms with Gasteiger partial charge in [-0.1, -0.05) is 13.8 Å². The number of aliphatic carboxylic acids is 1. The normalized spacial score (nSPS) is 15.1. The smallest absolute Gasteiger partial charge is 0.305 e. The van der Waals surface area contributed by atoms with Gasteiger partial charge >= 0.3 is 5.97 Å². The van der Waals surface area contributed by atoms with Crippen LogP contribution in [0, 0.1) is 0 Å². The number of amides is 1. The van der Waals surface area contributed by atoms with Gasteiger partial charge < -0.3 is 19.9 Å². The van der Waals surface area contributed by atoms with Gasteiger partial charge in [0.05, 0.1) is 25.2 Å². The zero-order valence-electron chi connectivity index (χ0n) is 15.0. The molecule has 0 atom stereocenters. The summed E-state index contributed by atoms with van der Waals surface area (Å²) in [5.41, 5.74) is -0.170. The molecule has 138 valence electrons. The fourth-order valence-corrected chi connectivity index (χ4v) is 2.86. The number of benzene rings is 1. The van der Waals surface area contributed by atoms with E-state index in [0.717, 1.165) is 19.3 Å². The highest BCUT2D eigenvalue weighted by molar-refractivity contribution is 5.95. The Morgan fingerprint density at radius 3 is 2.28 bits per heavy atom. The fraction of sp³-hybridized carbons (Fsp3) is 0.579. The quantitative estimate of drug-likeness (QED) is 0.676. The number of carbonyl (C=O) groups excluding carboxylic acids is 1. The molecule has 1 amide bonds. The number of carboxylic acids is 1. The van der Waals surface area contributed by atoms with Crippen LogP contribution in [0.3, 0.4) is 0 Å². The van der Waals surface area contributed by atoms with E-state index in [9.17, 15) is 9.59 Å². The molecule has 1 aromatic carbocycles. The van der Waals surface area contributed by atoms with Crippen molar-refractivity contribution < 1.29 is 24.2 Å². The number of ether oxygens (including phenoxy) is 2. The third-order valence-corrected chi connectivity index (χ3v) is 4.31. The van der Waals surface area contributed by atoms with E-state index in [1.165, 1.54) is 0 Å². The zero-order chi connectivity index (χ0) is 18.3. The molecule has 1 aliphatic carbocycles. The number of hydrogen-bond donors (Lipinski definition) is 2. The minimum atomic E-state index is -0.893. The van der Waals surface area contributed by atoms with E-state index in [4.69, 9.17) is 14.6 Å². The first-order valence-corrected chi connectivity index (χ1v) is 8.93. The van der Waals surface area contributed by atoms with Crippen molar-refractivity contribution in [1.82, 2.24) is 5.32 Å². The molecule has 0 saturated heterocycles. The summed E-state index contributed by atoms with van der Waals surface area (Å²) in [5, 5.41) is 12.0. The van der Waals surface area contributed by atoms with Crippen LogP contribution in [-0.2, 0) is 4.79 Å². The molecule has 2 rings (SSSR count). The van der Waals surface area contributed by atoms with E-state index < -0.39 is 11.5 Å². The topological polar surface area (TPSA) is 84.9 Å². The van der Waals surface area contributed by atoms with Crippen LogP contribution in [0.1, 0.15) is 62.7 Å². The van der Waals surface area contributed by atoms with E-state index in [0.29, 0.717) is 43.1 Å². The molecule has 0 radical (unpaired) electrons. The van der Waals surface area contributed by atoms with Crippen molar-refractivity contribution >= 4 is 11.9 Å². The van der Waals surface area contributed by atoms with Crippen molar-refractivity contribution in [2.75, 3.05) is 13.2 Å². The summed E-state index contributed by atoms with van der Waals surface area (Å²) >= 11 is 0. The van der Waals surface area contributed by atoms with Gasteiger partial charge in [0.1, 0.15) is 0 Å². The zero-order valence-corrected chi connectivity index (χ0v) is 15.0. The van der Waals surface area contributed by atoms with Gasteiger partial charge in [0.2, 0.25) is 0 Å². The molecule has 6 heteroatoms. The molecule has 0 aromatic heterocycles. The molecule has 0 bridgehead atoms. The first-order valence-electron chi connectivity index (χ1n) is 8.93. The number of rotatable bonds is 10. The molecule has 1 aliphatic rings. The lowest BCUT2D eigenvalue weighted by molar-refractivity contribution is -0.139. The summed E-state index contributed by atoms with van der Waals surface area (Å²) in [5.74, 6) is -0.000732. The average Bonchev–Trinajstić information content (AvgIpc) is 2.55. The van der Waals surface area contributed by atoms with Crippen LogP contribution in [0.2, 0.25) is 0 Å². The van der Waals surface area contributed by atoms with Crippen molar-refractivity contribution in [3.63, 3.8) is 0 Å². The van der Waals surface area contributed by atoms with Gasteiger partial charge in [0, 0.05) is 5.56 Å². The molecule has 2 N–H and O–H groups in total. The Bertz CT molecular complexity index is 610. The molecule has 0 heterocycles. The SMILES string of the molecule is CCCOc1ccc(C(=O)NC2(CC(=O)O)CCC2)cc1OCCC. The summed E-state index contributed by atoms with van der Waals surface area (Å²) in [6, 6.07) is 5.09. The van der Waals surface area contributed by atoms with Crippen LogP contribution < -0.4 is 14.8 Å². The molecular weight excluding hydrogens is 322 g/mol. The highest BCUT2D eigenvalue weighted by Gasteiger charge is 2.40. The van der Waals surface area contributed by atoms with Gasteiger partial charge in [0.15, 0.2) is 11.5 Å².